The normalized spacial score (nSPS) is 18.8. The first-order valence-corrected chi connectivity index (χ1v) is 12.5. The third-order valence-corrected chi connectivity index (χ3v) is 8.04. The van der Waals surface area contributed by atoms with E-state index in [9.17, 15) is 25.5 Å². The Kier molecular flexibility index (Phi) is 5.64. The first-order chi connectivity index (χ1) is 18.7. The first kappa shape index (κ1) is 24.6. The van der Waals surface area contributed by atoms with Gasteiger partial charge in [0, 0.05) is 41.0 Å². The Hall–Kier alpha value is -4.72. The van der Waals surface area contributed by atoms with Crippen LogP contribution in [0.3, 0.4) is 0 Å². The predicted octanol–water partition coefficient (Wildman–Crippen LogP) is 5.21. The summed E-state index contributed by atoms with van der Waals surface area (Å²) >= 11 is 0. The van der Waals surface area contributed by atoms with Gasteiger partial charge in [0.2, 0.25) is 0 Å². The molecule has 5 N–H and O–H groups in total. The van der Waals surface area contributed by atoms with E-state index < -0.39 is 17.8 Å². The number of fused-ring (bicyclic) bond motifs is 4. The molecule has 8 nitrogen and oxygen atoms in total. The summed E-state index contributed by atoms with van der Waals surface area (Å²) in [5, 5.41) is 54.6. The molecule has 4 aromatic rings. The van der Waals surface area contributed by atoms with Crippen molar-refractivity contribution in [2.24, 2.45) is 0 Å². The molecule has 39 heavy (non-hydrogen) atoms. The highest BCUT2D eigenvalue weighted by atomic mass is 16.5. The van der Waals surface area contributed by atoms with E-state index in [-0.39, 0.29) is 40.2 Å². The number of hydrogen-bond donors (Lipinski definition) is 5. The molecule has 2 bridgehead atoms. The summed E-state index contributed by atoms with van der Waals surface area (Å²) in [4.78, 5) is 0. The summed E-state index contributed by atoms with van der Waals surface area (Å²) in [6.45, 7) is 0. The van der Waals surface area contributed by atoms with E-state index in [1.165, 1.54) is 33.5 Å². The fourth-order valence-electron chi connectivity index (χ4n) is 6.46. The van der Waals surface area contributed by atoms with Crippen molar-refractivity contribution in [1.82, 2.24) is 0 Å². The van der Waals surface area contributed by atoms with Crippen molar-refractivity contribution in [1.29, 1.82) is 0 Å². The van der Waals surface area contributed by atoms with Crippen molar-refractivity contribution in [3.63, 3.8) is 0 Å². The zero-order chi connectivity index (χ0) is 27.6. The van der Waals surface area contributed by atoms with E-state index in [1.807, 2.05) is 6.07 Å². The quantitative estimate of drug-likeness (QED) is 0.244. The van der Waals surface area contributed by atoms with Gasteiger partial charge in [-0.3, -0.25) is 0 Å². The predicted molar refractivity (Wildman–Crippen MR) is 143 cm³/mol. The third-order valence-electron chi connectivity index (χ3n) is 8.04. The molecule has 0 saturated carbocycles. The van der Waals surface area contributed by atoms with E-state index in [2.05, 4.69) is 0 Å². The molecule has 0 spiro atoms. The third kappa shape index (κ3) is 3.66. The van der Waals surface area contributed by atoms with Crippen molar-refractivity contribution in [2.45, 2.75) is 24.2 Å². The first-order valence-electron chi connectivity index (χ1n) is 12.5. The van der Waals surface area contributed by atoms with Gasteiger partial charge in [-0.25, -0.2) is 0 Å². The molecule has 0 aromatic heterocycles. The van der Waals surface area contributed by atoms with Gasteiger partial charge in [0.15, 0.2) is 23.0 Å². The highest BCUT2D eigenvalue weighted by molar-refractivity contribution is 5.68. The molecule has 0 saturated heterocycles. The van der Waals surface area contributed by atoms with Gasteiger partial charge in [0.1, 0.15) is 23.0 Å². The molecular weight excluding hydrogens is 500 g/mol. The fourth-order valence-corrected chi connectivity index (χ4v) is 6.46. The van der Waals surface area contributed by atoms with Crippen LogP contribution in [0.2, 0.25) is 0 Å². The van der Waals surface area contributed by atoms with Crippen LogP contribution < -0.4 is 14.2 Å². The lowest BCUT2D eigenvalue weighted by molar-refractivity contribution is 0.371. The van der Waals surface area contributed by atoms with Gasteiger partial charge in [-0.15, -0.1) is 0 Å². The summed E-state index contributed by atoms with van der Waals surface area (Å²) in [6, 6.07) is 14.9. The maximum atomic E-state index is 11.4. The van der Waals surface area contributed by atoms with Crippen LogP contribution in [0.25, 0.3) is 0 Å². The number of methoxy groups -OCH3 is 3. The van der Waals surface area contributed by atoms with Crippen LogP contribution in [0.4, 0.5) is 0 Å². The molecular formula is C31H28O8. The van der Waals surface area contributed by atoms with Gasteiger partial charge in [-0.2, -0.15) is 0 Å². The Bertz CT molecular complexity index is 1630. The highest BCUT2D eigenvalue weighted by Crippen LogP contribution is 2.60. The average Bonchev–Trinajstić information content (AvgIpc) is 3.11. The summed E-state index contributed by atoms with van der Waals surface area (Å²) in [7, 11) is 4.48. The second-order valence-corrected chi connectivity index (χ2v) is 9.98. The average molecular weight is 529 g/mol. The lowest BCUT2D eigenvalue weighted by atomic mass is 9.71. The maximum absolute atomic E-state index is 11.4. The molecule has 6 rings (SSSR count). The number of phenolic OH excluding ortho intramolecular Hbond substituents is 5. The fraction of sp³-hybridized carbons (Fsp3) is 0.226. The van der Waals surface area contributed by atoms with E-state index in [0.717, 1.165) is 22.3 Å². The molecule has 8 heteroatoms. The largest absolute Gasteiger partial charge is 0.508 e. The zero-order valence-corrected chi connectivity index (χ0v) is 21.6. The molecule has 0 heterocycles. The van der Waals surface area contributed by atoms with Crippen LogP contribution in [-0.4, -0.2) is 46.9 Å². The Morgan fingerprint density at radius 1 is 0.590 bits per heavy atom. The number of ether oxygens (including phenoxy) is 3. The minimum absolute atomic E-state index is 0.0145. The number of phenols is 5. The minimum Gasteiger partial charge on any atom is -0.508 e. The molecule has 2 aliphatic rings. The van der Waals surface area contributed by atoms with Crippen molar-refractivity contribution >= 4 is 0 Å². The van der Waals surface area contributed by atoms with Gasteiger partial charge in [-0.05, 0) is 70.6 Å². The van der Waals surface area contributed by atoms with Crippen LogP contribution in [0.5, 0.6) is 46.0 Å². The standard InChI is InChI=1S/C31H28O8/c1-37-17-6-15-7-19-18-13-27(39-3)23(34)12-20(18)28(14-4-5-22(33)26(8-14)38-2)31(29(15)25(36)11-17)21-9-16(32)10-24(35)30(19)21/h4-6,8-13,19,28,31-36H,7H2,1-3H3. The van der Waals surface area contributed by atoms with Crippen LogP contribution in [0.15, 0.2) is 54.6 Å². The van der Waals surface area contributed by atoms with E-state index in [1.54, 1.807) is 36.4 Å². The lowest BCUT2D eigenvalue weighted by Crippen LogP contribution is -2.18. The topological polar surface area (TPSA) is 129 Å². The van der Waals surface area contributed by atoms with Gasteiger partial charge in [0.05, 0.1) is 21.3 Å². The summed E-state index contributed by atoms with van der Waals surface area (Å²) < 4.78 is 16.4. The van der Waals surface area contributed by atoms with Crippen molar-refractivity contribution in [3.8, 4) is 46.0 Å². The Balaban J connectivity index is 1.79. The second kappa shape index (κ2) is 8.94. The molecule has 0 radical (unpaired) electrons. The Morgan fingerprint density at radius 2 is 1.31 bits per heavy atom. The molecule has 3 unspecified atom stereocenters. The monoisotopic (exact) mass is 528 g/mol. The number of aromatic hydroxyl groups is 5. The highest BCUT2D eigenvalue weighted by Gasteiger charge is 2.44. The van der Waals surface area contributed by atoms with Crippen LogP contribution in [-0.2, 0) is 6.42 Å². The zero-order valence-electron chi connectivity index (χ0n) is 21.6. The number of hydrogen-bond acceptors (Lipinski definition) is 8. The maximum Gasteiger partial charge on any atom is 0.160 e. The second-order valence-electron chi connectivity index (χ2n) is 9.98. The van der Waals surface area contributed by atoms with Crippen LogP contribution in [0, 0.1) is 0 Å². The van der Waals surface area contributed by atoms with Crippen molar-refractivity contribution < 1.29 is 39.7 Å². The van der Waals surface area contributed by atoms with E-state index in [4.69, 9.17) is 14.2 Å². The van der Waals surface area contributed by atoms with Crippen LogP contribution in [0.1, 0.15) is 56.7 Å². The summed E-state index contributed by atoms with van der Waals surface area (Å²) in [5.41, 5.74) is 5.02. The van der Waals surface area contributed by atoms with Gasteiger partial charge >= 0.3 is 0 Å². The van der Waals surface area contributed by atoms with E-state index in [0.29, 0.717) is 28.9 Å². The molecule has 0 fully saturated rings. The SMILES string of the molecule is COc1cc(O)c2c(c1)CC1c3cc(OC)c(O)cc3C(c3ccc(O)c(OC)c3)C2c2cc(O)cc(O)c21. The van der Waals surface area contributed by atoms with Crippen molar-refractivity contribution in [3.05, 3.63) is 93.5 Å². The molecule has 0 aliphatic heterocycles. The molecule has 0 amide bonds. The number of rotatable bonds is 4. The van der Waals surface area contributed by atoms with E-state index >= 15 is 0 Å². The summed E-state index contributed by atoms with van der Waals surface area (Å²) in [6.07, 6.45) is 0.411. The Labute approximate surface area is 224 Å². The molecule has 2 aliphatic carbocycles. The minimum atomic E-state index is -0.604. The van der Waals surface area contributed by atoms with Gasteiger partial charge in [0.25, 0.3) is 0 Å². The smallest absolute Gasteiger partial charge is 0.160 e. The summed E-state index contributed by atoms with van der Waals surface area (Å²) in [5.74, 6) is -0.753. The number of benzene rings is 4. The lowest BCUT2D eigenvalue weighted by Gasteiger charge is -2.33. The molecule has 4 aromatic carbocycles. The van der Waals surface area contributed by atoms with Gasteiger partial charge < -0.3 is 39.7 Å². The molecule has 200 valence electrons. The molecule has 3 atom stereocenters. The van der Waals surface area contributed by atoms with Crippen LogP contribution >= 0.6 is 0 Å². The Morgan fingerprint density at radius 3 is 2.03 bits per heavy atom. The van der Waals surface area contributed by atoms with Crippen molar-refractivity contribution in [2.75, 3.05) is 21.3 Å². The van der Waals surface area contributed by atoms with Gasteiger partial charge in [-0.1, -0.05) is 6.07 Å².